The van der Waals surface area contributed by atoms with Crippen LogP contribution in [0.1, 0.15) is 26.2 Å². The Morgan fingerprint density at radius 1 is 1.53 bits per heavy atom. The van der Waals surface area contributed by atoms with E-state index >= 15 is 0 Å². The number of rotatable bonds is 4. The second-order valence-corrected chi connectivity index (χ2v) is 4.44. The molecule has 5 heteroatoms. The lowest BCUT2D eigenvalue weighted by molar-refractivity contribution is 0.455. The highest BCUT2D eigenvalue weighted by atomic mass is 35.5. The lowest BCUT2D eigenvalue weighted by atomic mass is 10.3. The summed E-state index contributed by atoms with van der Waals surface area (Å²) >= 11 is 5.87. The molecule has 1 atom stereocenters. The molecular formula is C12H14ClFN2O. The number of nitrogens with zero attached hydrogens (tertiary/aromatic N) is 1. The molecule has 2 rings (SSSR count). The van der Waals surface area contributed by atoms with Crippen molar-refractivity contribution in [2.75, 3.05) is 0 Å². The second kappa shape index (κ2) is 5.02. The molecule has 0 amide bonds. The van der Waals surface area contributed by atoms with E-state index in [1.54, 1.807) is 0 Å². The van der Waals surface area contributed by atoms with Gasteiger partial charge in [-0.15, -0.1) is 0 Å². The Hall–Kier alpha value is -1.13. The van der Waals surface area contributed by atoms with Crippen molar-refractivity contribution in [2.24, 2.45) is 0 Å². The molecule has 1 heterocycles. The first-order valence-corrected chi connectivity index (χ1v) is 5.95. The highest BCUT2D eigenvalue weighted by Crippen LogP contribution is 2.25. The van der Waals surface area contributed by atoms with Gasteiger partial charge >= 0.3 is 0 Å². The van der Waals surface area contributed by atoms with E-state index in [4.69, 9.17) is 16.0 Å². The lowest BCUT2D eigenvalue weighted by Crippen LogP contribution is -2.24. The number of benzene rings is 1. The molecular weight excluding hydrogens is 243 g/mol. The van der Waals surface area contributed by atoms with Crippen LogP contribution in [0.2, 0.25) is 5.02 Å². The van der Waals surface area contributed by atoms with Crippen LogP contribution in [0.4, 0.5) is 4.39 Å². The fourth-order valence-electron chi connectivity index (χ4n) is 1.49. The van der Waals surface area contributed by atoms with Crippen molar-refractivity contribution >= 4 is 22.7 Å². The van der Waals surface area contributed by atoms with Gasteiger partial charge < -0.3 is 9.73 Å². The van der Waals surface area contributed by atoms with Crippen LogP contribution in [0.3, 0.4) is 0 Å². The molecule has 1 aromatic carbocycles. The number of fused-ring (bicyclic) bond motifs is 1. The fraction of sp³-hybridized carbons (Fsp3) is 0.417. The average molecular weight is 257 g/mol. The zero-order valence-corrected chi connectivity index (χ0v) is 10.5. The van der Waals surface area contributed by atoms with Gasteiger partial charge in [-0.05, 0) is 19.4 Å². The summed E-state index contributed by atoms with van der Waals surface area (Å²) in [7, 11) is 0. The number of hydrogen-bond acceptors (Lipinski definition) is 3. The number of halogens is 2. The minimum absolute atomic E-state index is 0.252. The Morgan fingerprint density at radius 3 is 3.00 bits per heavy atom. The lowest BCUT2D eigenvalue weighted by Gasteiger charge is -2.07. The Balaban J connectivity index is 2.23. The summed E-state index contributed by atoms with van der Waals surface area (Å²) < 4.78 is 18.6. The van der Waals surface area contributed by atoms with E-state index in [1.807, 2.05) is 0 Å². The van der Waals surface area contributed by atoms with Gasteiger partial charge in [-0.3, -0.25) is 0 Å². The van der Waals surface area contributed by atoms with Crippen LogP contribution in [-0.4, -0.2) is 11.0 Å². The van der Waals surface area contributed by atoms with Crippen LogP contribution < -0.4 is 5.32 Å². The SMILES string of the molecule is CCC(C)NCc1nc2cc(F)cc(Cl)c2o1. The van der Waals surface area contributed by atoms with Crippen LogP contribution >= 0.6 is 11.6 Å². The number of nitrogens with one attached hydrogen (secondary N) is 1. The quantitative estimate of drug-likeness (QED) is 0.910. The van der Waals surface area contributed by atoms with E-state index in [9.17, 15) is 4.39 Å². The molecule has 1 N–H and O–H groups in total. The molecule has 92 valence electrons. The van der Waals surface area contributed by atoms with Gasteiger partial charge in [0.15, 0.2) is 5.58 Å². The zero-order chi connectivity index (χ0) is 12.4. The third-order valence-electron chi connectivity index (χ3n) is 2.67. The highest BCUT2D eigenvalue weighted by Gasteiger charge is 2.11. The maximum Gasteiger partial charge on any atom is 0.209 e. The summed E-state index contributed by atoms with van der Waals surface area (Å²) in [6.07, 6.45) is 1.02. The van der Waals surface area contributed by atoms with Gasteiger partial charge in [0.05, 0.1) is 11.6 Å². The van der Waals surface area contributed by atoms with Crippen LogP contribution in [0.15, 0.2) is 16.5 Å². The summed E-state index contributed by atoms with van der Waals surface area (Å²) in [5, 5.41) is 3.50. The van der Waals surface area contributed by atoms with Crippen molar-refractivity contribution in [3.8, 4) is 0 Å². The first kappa shape index (κ1) is 12.3. The molecule has 0 aliphatic heterocycles. The van der Waals surface area contributed by atoms with Gasteiger partial charge in [-0.2, -0.15) is 0 Å². The van der Waals surface area contributed by atoms with Crippen molar-refractivity contribution in [3.05, 3.63) is 28.9 Å². The molecule has 1 unspecified atom stereocenters. The standard InChI is InChI=1S/C12H14ClFN2O/c1-3-7(2)15-6-11-16-10-5-8(14)4-9(13)12(10)17-11/h4-5,7,15H,3,6H2,1-2H3. The molecule has 17 heavy (non-hydrogen) atoms. The van der Waals surface area contributed by atoms with Crippen molar-refractivity contribution in [3.63, 3.8) is 0 Å². The molecule has 1 aromatic heterocycles. The van der Waals surface area contributed by atoms with Gasteiger partial charge in [-0.1, -0.05) is 18.5 Å². The van der Waals surface area contributed by atoms with E-state index in [1.165, 1.54) is 12.1 Å². The van der Waals surface area contributed by atoms with Gasteiger partial charge in [-0.25, -0.2) is 9.37 Å². The third-order valence-corrected chi connectivity index (χ3v) is 2.95. The molecule has 0 spiro atoms. The molecule has 0 fully saturated rings. The smallest absolute Gasteiger partial charge is 0.209 e. The largest absolute Gasteiger partial charge is 0.438 e. The summed E-state index contributed by atoms with van der Waals surface area (Å²) in [5.74, 6) is 0.116. The highest BCUT2D eigenvalue weighted by molar-refractivity contribution is 6.34. The zero-order valence-electron chi connectivity index (χ0n) is 9.76. The molecule has 0 aliphatic carbocycles. The van der Waals surface area contributed by atoms with Gasteiger partial charge in [0.2, 0.25) is 5.89 Å². The molecule has 0 saturated carbocycles. The Morgan fingerprint density at radius 2 is 2.29 bits per heavy atom. The van der Waals surface area contributed by atoms with E-state index < -0.39 is 5.82 Å². The van der Waals surface area contributed by atoms with Crippen molar-refractivity contribution in [2.45, 2.75) is 32.9 Å². The van der Waals surface area contributed by atoms with Gasteiger partial charge in [0, 0.05) is 12.1 Å². The third kappa shape index (κ3) is 2.76. The summed E-state index contributed by atoms with van der Waals surface area (Å²) in [5.41, 5.74) is 0.893. The first-order valence-electron chi connectivity index (χ1n) is 5.58. The second-order valence-electron chi connectivity index (χ2n) is 4.03. The van der Waals surface area contributed by atoms with E-state index in [2.05, 4.69) is 24.1 Å². The van der Waals surface area contributed by atoms with E-state index in [0.717, 1.165) is 6.42 Å². The average Bonchev–Trinajstić information content (AvgIpc) is 2.69. The topological polar surface area (TPSA) is 38.1 Å². The van der Waals surface area contributed by atoms with Gasteiger partial charge in [0.25, 0.3) is 0 Å². The Kier molecular flexibility index (Phi) is 3.64. The molecule has 2 aromatic rings. The molecule has 0 radical (unpaired) electrons. The minimum Gasteiger partial charge on any atom is -0.438 e. The van der Waals surface area contributed by atoms with Crippen LogP contribution in [0, 0.1) is 5.82 Å². The normalized spacial score (nSPS) is 13.2. The van der Waals surface area contributed by atoms with Crippen molar-refractivity contribution < 1.29 is 8.81 Å². The first-order chi connectivity index (χ1) is 8.10. The summed E-state index contributed by atoms with van der Waals surface area (Å²) in [6.45, 7) is 4.69. The summed E-state index contributed by atoms with van der Waals surface area (Å²) in [6, 6.07) is 2.93. The van der Waals surface area contributed by atoms with Gasteiger partial charge in [0.1, 0.15) is 11.3 Å². The molecule has 0 saturated heterocycles. The number of aromatic nitrogens is 1. The maximum atomic E-state index is 13.1. The predicted octanol–water partition coefficient (Wildman–Crippen LogP) is 3.51. The molecule has 3 nitrogen and oxygen atoms in total. The molecule has 0 aliphatic rings. The fourth-order valence-corrected chi connectivity index (χ4v) is 1.73. The molecule has 0 bridgehead atoms. The van der Waals surface area contributed by atoms with Crippen molar-refractivity contribution in [1.82, 2.24) is 10.3 Å². The Bertz CT molecular complexity index is 526. The van der Waals surface area contributed by atoms with Crippen molar-refractivity contribution in [1.29, 1.82) is 0 Å². The summed E-state index contributed by atoms with van der Waals surface area (Å²) in [4.78, 5) is 4.19. The van der Waals surface area contributed by atoms with Crippen LogP contribution in [0.5, 0.6) is 0 Å². The van der Waals surface area contributed by atoms with Crippen LogP contribution in [-0.2, 0) is 6.54 Å². The predicted molar refractivity (Wildman–Crippen MR) is 65.6 cm³/mol. The monoisotopic (exact) mass is 256 g/mol. The Labute approximate surface area is 104 Å². The maximum absolute atomic E-state index is 13.1. The number of hydrogen-bond donors (Lipinski definition) is 1. The minimum atomic E-state index is -0.405. The number of oxazole rings is 1. The van der Waals surface area contributed by atoms with Crippen LogP contribution in [0.25, 0.3) is 11.1 Å². The van der Waals surface area contributed by atoms with E-state index in [-0.39, 0.29) is 5.02 Å². The van der Waals surface area contributed by atoms with E-state index in [0.29, 0.717) is 29.6 Å².